The number of aryl methyl sites for hydroxylation is 1. The lowest BCUT2D eigenvalue weighted by Gasteiger charge is -2.40. The smallest absolute Gasteiger partial charge is 0.251 e. The van der Waals surface area contributed by atoms with Crippen LogP contribution in [0.5, 0.6) is 0 Å². The molecule has 0 atom stereocenters. The highest BCUT2D eigenvalue weighted by atomic mass is 35.5. The van der Waals surface area contributed by atoms with Gasteiger partial charge >= 0.3 is 0 Å². The van der Waals surface area contributed by atoms with E-state index < -0.39 is 0 Å². The maximum Gasteiger partial charge on any atom is 0.251 e. The molecule has 2 aromatic rings. The molecule has 8 heteroatoms. The molecule has 1 aromatic heterocycles. The van der Waals surface area contributed by atoms with Crippen molar-refractivity contribution in [2.24, 2.45) is 0 Å². The second kappa shape index (κ2) is 11.5. The number of nitrogens with zero attached hydrogens (tertiary/aromatic N) is 3. The molecule has 1 aromatic carbocycles. The molecule has 0 spiro atoms. The number of hydrogen-bond donors (Lipinski definition) is 2. The van der Waals surface area contributed by atoms with E-state index in [1.165, 1.54) is 12.8 Å². The van der Waals surface area contributed by atoms with Crippen LogP contribution in [0.1, 0.15) is 59.8 Å². The number of carbonyl (C=O) groups is 1. The van der Waals surface area contributed by atoms with Crippen molar-refractivity contribution in [3.05, 3.63) is 55.8 Å². The summed E-state index contributed by atoms with van der Waals surface area (Å²) in [5.41, 5.74) is 3.68. The first-order valence-corrected chi connectivity index (χ1v) is 12.8. The Morgan fingerprint density at radius 2 is 1.69 bits per heavy atom. The maximum atomic E-state index is 13.3. The third kappa shape index (κ3) is 6.19. The molecule has 1 aliphatic carbocycles. The molecular weight excluding hydrogens is 462 g/mol. The molecule has 2 N–H and O–H groups in total. The van der Waals surface area contributed by atoms with Crippen LogP contribution < -0.4 is 20.5 Å². The van der Waals surface area contributed by atoms with Gasteiger partial charge in [0.15, 0.2) is 5.43 Å². The summed E-state index contributed by atoms with van der Waals surface area (Å²) in [4.78, 5) is 35.7. The van der Waals surface area contributed by atoms with Gasteiger partial charge in [-0.25, -0.2) is 0 Å². The van der Waals surface area contributed by atoms with Crippen molar-refractivity contribution in [2.45, 2.75) is 65.1 Å². The molecule has 1 aliphatic rings. The van der Waals surface area contributed by atoms with E-state index in [0.717, 1.165) is 36.3 Å². The van der Waals surface area contributed by atoms with Gasteiger partial charge < -0.3 is 25.0 Å². The van der Waals surface area contributed by atoms with Gasteiger partial charge in [0, 0.05) is 60.8 Å². The fourth-order valence-corrected chi connectivity index (χ4v) is 5.44. The lowest BCUT2D eigenvalue weighted by molar-refractivity contribution is 0.0950. The summed E-state index contributed by atoms with van der Waals surface area (Å²) in [5.74, 6) is 0.465. The predicted octanol–water partition coefficient (Wildman–Crippen LogP) is 4.34. The average molecular weight is 502 g/mol. The van der Waals surface area contributed by atoms with Gasteiger partial charge in [-0.3, -0.25) is 9.59 Å². The molecular formula is C27H40ClN5O2. The molecule has 192 valence electrons. The fraction of sp³-hybridized carbons (Fsp3) is 0.556. The molecule has 0 bridgehead atoms. The van der Waals surface area contributed by atoms with Gasteiger partial charge in [-0.15, -0.1) is 0 Å². The fourth-order valence-electron chi connectivity index (χ4n) is 5.23. The predicted molar refractivity (Wildman–Crippen MR) is 146 cm³/mol. The van der Waals surface area contributed by atoms with Gasteiger partial charge in [-0.2, -0.15) is 0 Å². The van der Waals surface area contributed by atoms with E-state index in [4.69, 9.17) is 11.6 Å². The quantitative estimate of drug-likeness (QED) is 0.563. The maximum absolute atomic E-state index is 13.3. The van der Waals surface area contributed by atoms with Crippen LogP contribution >= 0.6 is 11.6 Å². The van der Waals surface area contributed by atoms with E-state index in [1.807, 2.05) is 38.9 Å². The van der Waals surface area contributed by atoms with Crippen LogP contribution in [0.15, 0.2) is 23.0 Å². The van der Waals surface area contributed by atoms with Gasteiger partial charge in [0.05, 0.1) is 12.1 Å². The number of hydrogen-bond acceptors (Lipinski definition) is 5. The van der Waals surface area contributed by atoms with Crippen molar-refractivity contribution in [1.29, 1.82) is 0 Å². The van der Waals surface area contributed by atoms with Crippen LogP contribution in [0.25, 0.3) is 0 Å². The summed E-state index contributed by atoms with van der Waals surface area (Å²) in [6.07, 6.45) is 4.57. The number of halogens is 1. The number of rotatable bonds is 8. The molecule has 0 saturated heterocycles. The summed E-state index contributed by atoms with van der Waals surface area (Å²) in [7, 11) is 8.05. The molecule has 1 amide bonds. The van der Waals surface area contributed by atoms with E-state index in [0.29, 0.717) is 34.1 Å². The van der Waals surface area contributed by atoms with E-state index >= 15 is 0 Å². The molecule has 1 heterocycles. The van der Waals surface area contributed by atoms with Crippen molar-refractivity contribution in [1.82, 2.24) is 15.2 Å². The lowest BCUT2D eigenvalue weighted by atomic mass is 9.89. The Morgan fingerprint density at radius 1 is 1.06 bits per heavy atom. The van der Waals surface area contributed by atoms with Gasteiger partial charge in [0.1, 0.15) is 5.82 Å². The molecule has 0 unspecified atom stereocenters. The molecule has 1 fully saturated rings. The van der Waals surface area contributed by atoms with Crippen molar-refractivity contribution in [3.63, 3.8) is 0 Å². The molecule has 7 nitrogen and oxygen atoms in total. The first-order chi connectivity index (χ1) is 16.5. The summed E-state index contributed by atoms with van der Waals surface area (Å²) in [6.45, 7) is 6.98. The Morgan fingerprint density at radius 3 is 2.26 bits per heavy atom. The first kappa shape index (κ1) is 27.1. The Bertz CT molecular complexity index is 1100. The minimum absolute atomic E-state index is 0.0979. The monoisotopic (exact) mass is 501 g/mol. The minimum Gasteiger partial charge on any atom is -0.369 e. The number of anilines is 2. The summed E-state index contributed by atoms with van der Waals surface area (Å²) in [6, 6.07) is 6.31. The molecule has 1 saturated carbocycles. The zero-order chi connectivity index (χ0) is 25.9. The van der Waals surface area contributed by atoms with Crippen LogP contribution in [0.4, 0.5) is 11.5 Å². The van der Waals surface area contributed by atoms with E-state index in [1.54, 1.807) is 12.1 Å². The Kier molecular flexibility index (Phi) is 8.89. The van der Waals surface area contributed by atoms with E-state index in [9.17, 15) is 9.59 Å². The number of benzene rings is 1. The molecule has 0 radical (unpaired) electrons. The second-order valence-electron chi connectivity index (χ2n) is 10.0. The van der Waals surface area contributed by atoms with Crippen molar-refractivity contribution >= 4 is 29.0 Å². The number of H-pyrrole nitrogens is 1. The zero-order valence-electron chi connectivity index (χ0n) is 22.2. The molecule has 0 aliphatic heterocycles. The second-order valence-corrected chi connectivity index (χ2v) is 10.5. The normalized spacial score (nSPS) is 18.0. The number of aromatic amines is 1. The van der Waals surface area contributed by atoms with E-state index in [2.05, 4.69) is 41.1 Å². The minimum atomic E-state index is -0.233. The van der Waals surface area contributed by atoms with Crippen molar-refractivity contribution < 1.29 is 4.79 Å². The summed E-state index contributed by atoms with van der Waals surface area (Å²) >= 11 is 6.52. The van der Waals surface area contributed by atoms with E-state index in [-0.39, 0.29) is 17.9 Å². The van der Waals surface area contributed by atoms with Crippen LogP contribution in [0.2, 0.25) is 5.02 Å². The van der Waals surface area contributed by atoms with Crippen molar-refractivity contribution in [3.8, 4) is 0 Å². The highest BCUT2D eigenvalue weighted by Crippen LogP contribution is 2.34. The highest BCUT2D eigenvalue weighted by Gasteiger charge is 2.28. The number of carbonyl (C=O) groups excluding carboxylic acids is 1. The van der Waals surface area contributed by atoms with Crippen LogP contribution in [0, 0.1) is 13.8 Å². The van der Waals surface area contributed by atoms with Crippen LogP contribution in [-0.4, -0.2) is 62.6 Å². The topological polar surface area (TPSA) is 71.7 Å². The largest absolute Gasteiger partial charge is 0.369 e. The van der Waals surface area contributed by atoms with Gasteiger partial charge in [-0.05, 0) is 78.2 Å². The summed E-state index contributed by atoms with van der Waals surface area (Å²) < 4.78 is 0. The van der Waals surface area contributed by atoms with Crippen LogP contribution in [0.3, 0.4) is 0 Å². The molecule has 35 heavy (non-hydrogen) atoms. The Balaban J connectivity index is 1.84. The summed E-state index contributed by atoms with van der Waals surface area (Å²) in [5, 5.41) is 3.49. The third-order valence-corrected chi connectivity index (χ3v) is 7.41. The van der Waals surface area contributed by atoms with Gasteiger partial charge in [0.2, 0.25) is 0 Å². The number of aromatic nitrogens is 1. The Labute approximate surface area is 214 Å². The van der Waals surface area contributed by atoms with Crippen LogP contribution in [-0.2, 0) is 6.54 Å². The van der Waals surface area contributed by atoms with Gasteiger partial charge in [0.25, 0.3) is 5.91 Å². The van der Waals surface area contributed by atoms with Gasteiger partial charge in [-0.1, -0.05) is 11.6 Å². The first-order valence-electron chi connectivity index (χ1n) is 12.4. The number of pyridine rings is 1. The average Bonchev–Trinajstić information content (AvgIpc) is 2.80. The standard InChI is InChI=1S/C27H40ClN5O2/c1-8-33(21-11-9-20(10-12-21)31(4)5)24-15-19(28)14-22(18(24)3)27(35)29-16-23-25(34)13-17(2)30-26(23)32(6)7/h13-15,20-21H,8-12,16H2,1-7H3,(H,29,35)(H,30,34). The number of nitrogens with one attached hydrogen (secondary N) is 2. The molecule has 3 rings (SSSR count). The Hall–Kier alpha value is -2.51. The van der Waals surface area contributed by atoms with Crippen molar-refractivity contribution in [2.75, 3.05) is 44.5 Å². The SMILES string of the molecule is CCN(c1cc(Cl)cc(C(=O)NCc2c(N(C)C)[nH]c(C)cc2=O)c1C)C1CCC(N(C)C)CC1. The zero-order valence-corrected chi connectivity index (χ0v) is 22.9. The highest BCUT2D eigenvalue weighted by molar-refractivity contribution is 6.31. The third-order valence-electron chi connectivity index (χ3n) is 7.20. The number of amides is 1. The lowest BCUT2D eigenvalue weighted by Crippen LogP contribution is -2.42.